The summed E-state index contributed by atoms with van der Waals surface area (Å²) in [7, 11) is 1.86. The summed E-state index contributed by atoms with van der Waals surface area (Å²) >= 11 is 0. The first-order valence-electron chi connectivity index (χ1n) is 8.30. The van der Waals surface area contributed by atoms with Crippen molar-refractivity contribution in [2.75, 3.05) is 20.1 Å². The van der Waals surface area contributed by atoms with Crippen LogP contribution in [0, 0.1) is 5.92 Å². The smallest absolute Gasteiger partial charge is 0.416 e. The summed E-state index contributed by atoms with van der Waals surface area (Å²) in [6.07, 6.45) is -5.33. The lowest BCUT2D eigenvalue weighted by atomic mass is 9.89. The maximum atomic E-state index is 12.7. The predicted octanol–water partition coefficient (Wildman–Crippen LogP) is 2.42. The van der Waals surface area contributed by atoms with Gasteiger partial charge in [-0.1, -0.05) is 0 Å². The number of aliphatic hydroxyl groups excluding tert-OH is 1. The number of carbonyl (C=O) groups is 1. The van der Waals surface area contributed by atoms with Crippen LogP contribution in [0.1, 0.15) is 23.8 Å². The number of phenols is 1. The van der Waals surface area contributed by atoms with Gasteiger partial charge < -0.3 is 15.1 Å². The van der Waals surface area contributed by atoms with Crippen LogP contribution in [0.3, 0.4) is 0 Å². The number of hydrogen-bond donors (Lipinski definition) is 2. The van der Waals surface area contributed by atoms with E-state index < -0.39 is 29.5 Å². The quantitative estimate of drug-likeness (QED) is 0.849. The highest BCUT2D eigenvalue weighted by molar-refractivity contribution is 5.82. The van der Waals surface area contributed by atoms with E-state index >= 15 is 0 Å². The molecular weight excluding hydrogens is 363 g/mol. The van der Waals surface area contributed by atoms with Crippen LogP contribution in [-0.4, -0.2) is 51.2 Å². The van der Waals surface area contributed by atoms with E-state index in [0.29, 0.717) is 25.6 Å². The molecule has 144 valence electrons. The van der Waals surface area contributed by atoms with Crippen LogP contribution in [-0.2, 0) is 11.0 Å². The van der Waals surface area contributed by atoms with Crippen LogP contribution in [0.2, 0.25) is 0 Å². The number of Topliss-reactive ketones (excluding diaryl/α,β-unsaturated/α-hetero) is 1. The van der Waals surface area contributed by atoms with Gasteiger partial charge in [-0.3, -0.25) is 4.79 Å². The molecule has 0 radical (unpaired) electrons. The minimum atomic E-state index is -4.56. The molecule has 1 fully saturated rings. The highest BCUT2D eigenvalue weighted by Crippen LogP contribution is 2.36. The first-order valence-corrected chi connectivity index (χ1v) is 8.30. The number of piperidine rings is 1. The highest BCUT2D eigenvalue weighted by atomic mass is 19.4. The standard InChI is InChI=1S/C18H18F3N3O3/c1-24-7-6-15(25)12(9-24)17(27)14-5-4-13(22-23-14)11-3-2-10(8-16(11)26)18(19,20)21/h2-5,8,12,17,26-27H,6-7,9H2,1H3. The number of nitrogens with zero attached hydrogens (tertiary/aromatic N) is 3. The zero-order valence-electron chi connectivity index (χ0n) is 14.4. The van der Waals surface area contributed by atoms with Gasteiger partial charge in [-0.05, 0) is 37.4 Å². The van der Waals surface area contributed by atoms with Crippen LogP contribution < -0.4 is 0 Å². The molecule has 0 saturated carbocycles. The summed E-state index contributed by atoms with van der Waals surface area (Å²) in [5.74, 6) is -1.23. The Balaban J connectivity index is 1.82. The number of benzene rings is 1. The van der Waals surface area contributed by atoms with Crippen molar-refractivity contribution >= 4 is 5.78 Å². The van der Waals surface area contributed by atoms with Crippen molar-refractivity contribution in [3.8, 4) is 17.0 Å². The lowest BCUT2D eigenvalue weighted by Gasteiger charge is -2.31. The van der Waals surface area contributed by atoms with Gasteiger partial charge in [0.15, 0.2) is 0 Å². The number of rotatable bonds is 3. The number of likely N-dealkylation sites (tertiary alicyclic amines) is 1. The maximum Gasteiger partial charge on any atom is 0.416 e. The molecule has 1 saturated heterocycles. The normalized spacial score (nSPS) is 19.9. The van der Waals surface area contributed by atoms with E-state index in [1.165, 1.54) is 12.1 Å². The highest BCUT2D eigenvalue weighted by Gasteiger charge is 2.33. The molecule has 2 atom stereocenters. The zero-order chi connectivity index (χ0) is 19.8. The van der Waals surface area contributed by atoms with E-state index in [4.69, 9.17) is 0 Å². The number of phenolic OH excluding ortho intramolecular Hbond substituents is 1. The Morgan fingerprint density at radius 2 is 1.96 bits per heavy atom. The molecule has 2 heterocycles. The van der Waals surface area contributed by atoms with Crippen LogP contribution >= 0.6 is 0 Å². The Morgan fingerprint density at radius 3 is 2.56 bits per heavy atom. The molecule has 0 spiro atoms. The fourth-order valence-corrected chi connectivity index (χ4v) is 3.07. The zero-order valence-corrected chi connectivity index (χ0v) is 14.4. The Kier molecular flexibility index (Phi) is 5.16. The second kappa shape index (κ2) is 7.24. The summed E-state index contributed by atoms with van der Waals surface area (Å²) in [6.45, 7) is 1.04. The maximum absolute atomic E-state index is 12.7. The SMILES string of the molecule is CN1CCC(=O)C(C(O)c2ccc(-c3ccc(C(F)(F)F)cc3O)nn2)C1. The van der Waals surface area contributed by atoms with Gasteiger partial charge in [0.05, 0.1) is 22.9 Å². The van der Waals surface area contributed by atoms with Gasteiger partial charge in [0.25, 0.3) is 0 Å². The molecule has 2 unspecified atom stereocenters. The average molecular weight is 381 g/mol. The van der Waals surface area contributed by atoms with Crippen LogP contribution in [0.15, 0.2) is 30.3 Å². The molecule has 1 aliphatic rings. The molecule has 0 bridgehead atoms. The number of halogens is 3. The molecule has 0 aliphatic carbocycles. The van der Waals surface area contributed by atoms with Crippen molar-refractivity contribution in [1.82, 2.24) is 15.1 Å². The largest absolute Gasteiger partial charge is 0.507 e. The van der Waals surface area contributed by atoms with Crippen molar-refractivity contribution in [2.24, 2.45) is 5.92 Å². The Labute approximate surface area is 153 Å². The lowest BCUT2D eigenvalue weighted by Crippen LogP contribution is -2.41. The number of hydrogen-bond acceptors (Lipinski definition) is 6. The number of ketones is 1. The second-order valence-corrected chi connectivity index (χ2v) is 6.60. The van der Waals surface area contributed by atoms with Gasteiger partial charge in [0, 0.05) is 25.1 Å². The number of carbonyl (C=O) groups excluding carboxylic acids is 1. The number of aromatic nitrogens is 2. The molecule has 9 heteroatoms. The van der Waals surface area contributed by atoms with Crippen molar-refractivity contribution in [3.05, 3.63) is 41.6 Å². The van der Waals surface area contributed by atoms with Gasteiger partial charge in [-0.15, -0.1) is 0 Å². The third-order valence-corrected chi connectivity index (χ3v) is 4.63. The van der Waals surface area contributed by atoms with Crippen molar-refractivity contribution in [1.29, 1.82) is 0 Å². The summed E-state index contributed by atoms with van der Waals surface area (Å²) in [5.41, 5.74) is -0.531. The summed E-state index contributed by atoms with van der Waals surface area (Å²) in [5, 5.41) is 28.1. The topological polar surface area (TPSA) is 86.6 Å². The summed E-state index contributed by atoms with van der Waals surface area (Å²) in [4.78, 5) is 14.0. The van der Waals surface area contributed by atoms with Gasteiger partial charge in [-0.25, -0.2) is 0 Å². The first kappa shape index (κ1) is 19.2. The molecule has 0 amide bonds. The van der Waals surface area contributed by atoms with E-state index in [9.17, 15) is 28.2 Å². The molecule has 27 heavy (non-hydrogen) atoms. The summed E-state index contributed by atoms with van der Waals surface area (Å²) < 4.78 is 38.0. The van der Waals surface area contributed by atoms with E-state index in [0.717, 1.165) is 12.1 Å². The molecule has 1 aromatic heterocycles. The van der Waals surface area contributed by atoms with Gasteiger partial charge in [0.2, 0.25) is 0 Å². The van der Waals surface area contributed by atoms with E-state index in [1.807, 2.05) is 11.9 Å². The Morgan fingerprint density at radius 1 is 1.22 bits per heavy atom. The molecule has 2 aromatic rings. The van der Waals surface area contributed by atoms with E-state index in [2.05, 4.69) is 10.2 Å². The fourth-order valence-electron chi connectivity index (χ4n) is 3.07. The second-order valence-electron chi connectivity index (χ2n) is 6.60. The van der Waals surface area contributed by atoms with Crippen LogP contribution in [0.5, 0.6) is 5.75 Å². The number of aromatic hydroxyl groups is 1. The average Bonchev–Trinajstić information content (AvgIpc) is 2.62. The van der Waals surface area contributed by atoms with Crippen LogP contribution in [0.25, 0.3) is 11.3 Å². The molecule has 3 rings (SSSR count). The van der Waals surface area contributed by atoms with Crippen molar-refractivity contribution in [2.45, 2.75) is 18.7 Å². The lowest BCUT2D eigenvalue weighted by molar-refractivity contribution is -0.137. The van der Waals surface area contributed by atoms with Crippen molar-refractivity contribution in [3.63, 3.8) is 0 Å². The van der Waals surface area contributed by atoms with Gasteiger partial charge in [0.1, 0.15) is 17.6 Å². The van der Waals surface area contributed by atoms with Gasteiger partial charge in [-0.2, -0.15) is 23.4 Å². The van der Waals surface area contributed by atoms with Crippen molar-refractivity contribution < 1.29 is 28.2 Å². The molecular formula is C18H18F3N3O3. The molecule has 2 N–H and O–H groups in total. The number of aliphatic hydroxyl groups is 1. The van der Waals surface area contributed by atoms with E-state index in [-0.39, 0.29) is 22.7 Å². The fraction of sp³-hybridized carbons (Fsp3) is 0.389. The minimum Gasteiger partial charge on any atom is -0.507 e. The third kappa shape index (κ3) is 4.09. The van der Waals surface area contributed by atoms with Gasteiger partial charge >= 0.3 is 6.18 Å². The third-order valence-electron chi connectivity index (χ3n) is 4.63. The predicted molar refractivity (Wildman–Crippen MR) is 89.7 cm³/mol. The molecule has 1 aromatic carbocycles. The number of alkyl halides is 3. The summed E-state index contributed by atoms with van der Waals surface area (Å²) in [6, 6.07) is 5.46. The monoisotopic (exact) mass is 381 g/mol. The van der Waals surface area contributed by atoms with E-state index in [1.54, 1.807) is 0 Å². The Bertz CT molecular complexity index is 840. The van der Waals surface area contributed by atoms with Crippen LogP contribution in [0.4, 0.5) is 13.2 Å². The molecule has 1 aliphatic heterocycles. The molecule has 6 nitrogen and oxygen atoms in total. The first-order chi connectivity index (χ1) is 12.7. The Hall–Kier alpha value is -2.52. The minimum absolute atomic E-state index is 0.0492.